The van der Waals surface area contributed by atoms with E-state index in [0.29, 0.717) is 6.61 Å². The van der Waals surface area contributed by atoms with Crippen molar-refractivity contribution in [2.75, 3.05) is 6.61 Å². The third kappa shape index (κ3) is 4.07. The van der Waals surface area contributed by atoms with Crippen LogP contribution in [-0.2, 0) is 18.8 Å². The first-order chi connectivity index (χ1) is 12.1. The maximum absolute atomic E-state index is 13.1. The molecule has 27 heavy (non-hydrogen) atoms. The molecule has 2 heterocycles. The van der Waals surface area contributed by atoms with Crippen LogP contribution in [0.3, 0.4) is 0 Å². The van der Waals surface area contributed by atoms with Crippen LogP contribution in [0.4, 0.5) is 0 Å². The zero-order chi connectivity index (χ0) is 20.9. The van der Waals surface area contributed by atoms with Crippen LogP contribution >= 0.6 is 12.2 Å². The third-order valence-electron chi connectivity index (χ3n) is 6.28. The van der Waals surface area contributed by atoms with E-state index < -0.39 is 19.8 Å². The minimum Gasteiger partial charge on any atom is -0.562 e. The molecule has 2 unspecified atom stereocenters. The smallest absolute Gasteiger partial charge is 0.266 e. The van der Waals surface area contributed by atoms with E-state index in [2.05, 4.69) is 39.2 Å². The number of β-lactam (4-membered cyclic amide) rings is 1. The summed E-state index contributed by atoms with van der Waals surface area (Å²) in [6.07, 6.45) is -0.241. The van der Waals surface area contributed by atoms with Crippen molar-refractivity contribution in [1.29, 1.82) is 0 Å². The molecule has 0 aromatic carbocycles. The fourth-order valence-corrected chi connectivity index (χ4v) is 5.26. The molecule has 1 N–H and O–H groups in total. The van der Waals surface area contributed by atoms with Crippen molar-refractivity contribution >= 4 is 37.5 Å². The molecular formula is C19H34N2O4SSi-. The molecule has 6 nitrogen and oxygen atoms in total. The fraction of sp³-hybridized carbons (Fsp3) is 0.842. The maximum Gasteiger partial charge on any atom is 0.266 e. The average Bonchev–Trinajstić information content (AvgIpc) is 2.74. The molecule has 0 saturated carbocycles. The van der Waals surface area contributed by atoms with E-state index in [-0.39, 0.29) is 40.1 Å². The molecule has 0 bridgehead atoms. The summed E-state index contributed by atoms with van der Waals surface area (Å²) in [4.78, 5) is 27.0. The zero-order valence-corrected chi connectivity index (χ0v) is 19.8. The Morgan fingerprint density at radius 2 is 1.93 bits per heavy atom. The molecule has 0 aliphatic carbocycles. The Labute approximate surface area is 169 Å². The van der Waals surface area contributed by atoms with E-state index in [9.17, 15) is 9.59 Å². The van der Waals surface area contributed by atoms with Gasteiger partial charge in [0.1, 0.15) is 6.61 Å². The Kier molecular flexibility index (Phi) is 5.88. The van der Waals surface area contributed by atoms with Gasteiger partial charge in [-0.2, -0.15) is 0 Å². The molecule has 2 saturated heterocycles. The summed E-state index contributed by atoms with van der Waals surface area (Å²) in [7, 11) is -2.01. The largest absolute Gasteiger partial charge is 0.562 e. The number of rotatable bonds is 5. The Balaban J connectivity index is 2.13. The number of thiocarbonyl (C=S) groups is 1. The van der Waals surface area contributed by atoms with Crippen molar-refractivity contribution in [3.8, 4) is 0 Å². The molecule has 2 aliphatic heterocycles. The molecule has 2 amide bonds. The normalized spacial score (nSPS) is 27.5. The quantitative estimate of drug-likeness (QED) is 0.425. The molecule has 2 fully saturated rings. The van der Waals surface area contributed by atoms with Gasteiger partial charge in [0, 0.05) is 6.10 Å². The van der Waals surface area contributed by atoms with Gasteiger partial charge in [0.05, 0.1) is 23.4 Å². The summed E-state index contributed by atoms with van der Waals surface area (Å²) >= 11 is 5.22. The van der Waals surface area contributed by atoms with Gasteiger partial charge in [-0.3, -0.25) is 14.5 Å². The van der Waals surface area contributed by atoms with Crippen LogP contribution in [0.25, 0.3) is 0 Å². The highest BCUT2D eigenvalue weighted by Crippen LogP contribution is 2.40. The van der Waals surface area contributed by atoms with Gasteiger partial charge >= 0.3 is 0 Å². The predicted molar refractivity (Wildman–Crippen MR) is 112 cm³/mol. The monoisotopic (exact) mass is 414 g/mol. The van der Waals surface area contributed by atoms with Gasteiger partial charge in [-0.1, -0.05) is 27.7 Å². The average molecular weight is 415 g/mol. The van der Waals surface area contributed by atoms with E-state index in [1.165, 1.54) is 0 Å². The Morgan fingerprint density at radius 1 is 1.37 bits per heavy atom. The highest BCUT2D eigenvalue weighted by Gasteiger charge is 2.51. The van der Waals surface area contributed by atoms with Crippen LogP contribution in [-0.4, -0.2) is 54.5 Å². The van der Waals surface area contributed by atoms with Gasteiger partial charge < -0.3 is 14.5 Å². The first kappa shape index (κ1) is 22.3. The first-order valence-electron chi connectivity index (χ1n) is 9.59. The molecule has 2 aliphatic rings. The molecule has 0 aromatic heterocycles. The second-order valence-electron chi connectivity index (χ2n) is 9.97. The summed E-state index contributed by atoms with van der Waals surface area (Å²) in [5, 5.41) is 3.18. The number of hydrogen-bond acceptors (Lipinski definition) is 5. The van der Waals surface area contributed by atoms with Crippen LogP contribution in [0.2, 0.25) is 18.1 Å². The second kappa shape index (κ2) is 7.11. The molecule has 0 radical (unpaired) electrons. The van der Waals surface area contributed by atoms with Gasteiger partial charge in [0.25, 0.3) is 5.17 Å². The highest BCUT2D eigenvalue weighted by atomic mass is 32.1. The zero-order valence-electron chi connectivity index (χ0n) is 18.0. The lowest BCUT2D eigenvalue weighted by Gasteiger charge is -2.54. The maximum atomic E-state index is 13.1. The SMILES string of the molecule is C[C@@H](O[Si-](C)(C)C(C)(C)C)C1C(=O)NC1[C@@H](C)C(=O)N1C(=S)OCC1(C)C. The van der Waals surface area contributed by atoms with Gasteiger partial charge in [-0.25, -0.2) is 0 Å². The molecule has 8 heteroatoms. The van der Waals surface area contributed by atoms with Crippen molar-refractivity contribution in [3.63, 3.8) is 0 Å². The van der Waals surface area contributed by atoms with Gasteiger partial charge in [-0.05, 0) is 41.3 Å². The summed E-state index contributed by atoms with van der Waals surface area (Å²) in [6, 6.07) is -0.260. The van der Waals surface area contributed by atoms with Crippen LogP contribution < -0.4 is 5.32 Å². The van der Waals surface area contributed by atoms with Crippen molar-refractivity contribution in [1.82, 2.24) is 10.2 Å². The van der Waals surface area contributed by atoms with E-state index in [1.807, 2.05) is 27.7 Å². The summed E-state index contributed by atoms with van der Waals surface area (Å²) < 4.78 is 11.8. The molecule has 155 valence electrons. The Hall–Kier alpha value is -0.993. The van der Waals surface area contributed by atoms with E-state index in [4.69, 9.17) is 21.4 Å². The molecule has 0 aromatic rings. The first-order valence-corrected chi connectivity index (χ1v) is 12.9. The third-order valence-corrected chi connectivity index (χ3v) is 11.2. The van der Waals surface area contributed by atoms with Crippen LogP contribution in [0.5, 0.6) is 0 Å². The van der Waals surface area contributed by atoms with Gasteiger partial charge in [0.15, 0.2) is 0 Å². The van der Waals surface area contributed by atoms with Gasteiger partial charge in [-0.15, -0.1) is 18.1 Å². The van der Waals surface area contributed by atoms with Crippen molar-refractivity contribution in [2.45, 2.75) is 84.3 Å². The topological polar surface area (TPSA) is 67.9 Å². The Morgan fingerprint density at radius 3 is 2.33 bits per heavy atom. The second-order valence-corrected chi connectivity index (χ2v) is 15.1. The predicted octanol–water partition coefficient (Wildman–Crippen LogP) is 3.07. The lowest BCUT2D eigenvalue weighted by molar-refractivity contribution is -0.147. The molecule has 0 spiro atoms. The van der Waals surface area contributed by atoms with Crippen molar-refractivity contribution in [3.05, 3.63) is 0 Å². The van der Waals surface area contributed by atoms with Crippen LogP contribution in [0.15, 0.2) is 0 Å². The van der Waals surface area contributed by atoms with E-state index in [1.54, 1.807) is 4.90 Å². The van der Waals surface area contributed by atoms with Crippen molar-refractivity contribution < 1.29 is 18.8 Å². The standard InChI is InChI=1S/C19H34N2O4SSi/c1-11(16(23)21-17(26)24-10-19(21,6)7)14-13(15(22)20-14)12(2)25-27(8,9)18(3,4)5/h11-14H,10H2,1-9H3,(H,20,22)/q-1/t11-,12-,13?,14?/m1/s1. The van der Waals surface area contributed by atoms with Crippen LogP contribution in [0.1, 0.15) is 48.5 Å². The summed E-state index contributed by atoms with van der Waals surface area (Å²) in [5.41, 5.74) is -0.477. The number of carbonyl (C=O) groups excluding carboxylic acids is 2. The fourth-order valence-electron chi connectivity index (χ4n) is 3.43. The minimum absolute atomic E-state index is 0.0506. The highest BCUT2D eigenvalue weighted by molar-refractivity contribution is 7.80. The van der Waals surface area contributed by atoms with Crippen molar-refractivity contribution in [2.24, 2.45) is 11.8 Å². The number of nitrogens with one attached hydrogen (secondary N) is 1. The number of hydrogen-bond donors (Lipinski definition) is 1. The number of ether oxygens (including phenoxy) is 1. The summed E-state index contributed by atoms with van der Waals surface area (Å²) in [5.74, 6) is -0.905. The minimum atomic E-state index is -2.01. The number of carbonyl (C=O) groups is 2. The molecule has 4 atom stereocenters. The molecular weight excluding hydrogens is 380 g/mol. The Bertz CT molecular complexity index is 644. The summed E-state index contributed by atoms with van der Waals surface area (Å²) in [6.45, 7) is 18.9. The van der Waals surface area contributed by atoms with E-state index >= 15 is 0 Å². The number of nitrogens with zero attached hydrogens (tertiary/aromatic N) is 1. The van der Waals surface area contributed by atoms with Gasteiger partial charge in [0.2, 0.25) is 11.8 Å². The number of amides is 2. The van der Waals surface area contributed by atoms with E-state index in [0.717, 1.165) is 0 Å². The van der Waals surface area contributed by atoms with Crippen LogP contribution in [0, 0.1) is 11.8 Å². The lowest BCUT2D eigenvalue weighted by atomic mass is 9.78. The lowest BCUT2D eigenvalue weighted by Crippen LogP contribution is -2.68. The molecule has 2 rings (SSSR count).